The lowest BCUT2D eigenvalue weighted by molar-refractivity contribution is 0.252. The van der Waals surface area contributed by atoms with E-state index in [2.05, 4.69) is 42.0 Å². The van der Waals surface area contributed by atoms with E-state index in [9.17, 15) is 5.26 Å². The lowest BCUT2D eigenvalue weighted by atomic mass is 9.65. The van der Waals surface area contributed by atoms with Crippen LogP contribution in [-0.2, 0) is 5.41 Å². The van der Waals surface area contributed by atoms with E-state index in [1.165, 1.54) is 0 Å². The van der Waals surface area contributed by atoms with Crippen molar-refractivity contribution < 1.29 is 4.74 Å². The number of aryl methyl sites for hydroxylation is 1. The van der Waals surface area contributed by atoms with Crippen LogP contribution in [0.3, 0.4) is 0 Å². The first kappa shape index (κ1) is 23.7. The second-order valence-electron chi connectivity index (χ2n) is 9.92. The first-order valence-electron chi connectivity index (χ1n) is 12.4. The number of fused-ring (bicyclic) bond motifs is 1. The number of rotatable bonds is 7. The maximum atomic E-state index is 9.70. The number of anilines is 2. The van der Waals surface area contributed by atoms with Gasteiger partial charge in [-0.1, -0.05) is 32.0 Å². The molecule has 36 heavy (non-hydrogen) atoms. The SMILES string of the molecule is Cc1cccnc1-c1ccc2c(N(C)c3ccc(C4(C#N)CCC4)cc3)nc(OCC(C)C)nc2n1. The molecule has 1 saturated carbocycles. The molecule has 0 spiro atoms. The van der Waals surface area contributed by atoms with Gasteiger partial charge in [-0.15, -0.1) is 0 Å². The molecule has 5 rings (SSSR count). The highest BCUT2D eigenvalue weighted by Gasteiger charge is 2.38. The second-order valence-corrected chi connectivity index (χ2v) is 9.92. The summed E-state index contributed by atoms with van der Waals surface area (Å²) in [7, 11) is 1.98. The zero-order valence-electron chi connectivity index (χ0n) is 21.2. The molecule has 7 nitrogen and oxygen atoms in total. The Morgan fingerprint density at radius 3 is 2.47 bits per heavy atom. The summed E-state index contributed by atoms with van der Waals surface area (Å²) in [5.41, 5.74) is 4.91. The van der Waals surface area contributed by atoms with E-state index >= 15 is 0 Å². The quantitative estimate of drug-likeness (QED) is 0.315. The van der Waals surface area contributed by atoms with E-state index in [0.29, 0.717) is 30.0 Å². The summed E-state index contributed by atoms with van der Waals surface area (Å²) in [6, 6.07) is 19.0. The van der Waals surface area contributed by atoms with Gasteiger partial charge in [0.15, 0.2) is 5.65 Å². The van der Waals surface area contributed by atoms with Gasteiger partial charge in [0.05, 0.1) is 34.9 Å². The number of aromatic nitrogens is 4. The van der Waals surface area contributed by atoms with Crippen molar-refractivity contribution in [2.24, 2.45) is 5.92 Å². The fraction of sp³-hybridized carbons (Fsp3) is 0.345. The minimum Gasteiger partial charge on any atom is -0.463 e. The third-order valence-electron chi connectivity index (χ3n) is 6.86. The smallest absolute Gasteiger partial charge is 0.320 e. The molecule has 0 N–H and O–H groups in total. The van der Waals surface area contributed by atoms with Crippen molar-refractivity contribution in [3.63, 3.8) is 0 Å². The molecule has 4 aromatic rings. The minimum atomic E-state index is -0.333. The Labute approximate surface area is 211 Å². The highest BCUT2D eigenvalue weighted by atomic mass is 16.5. The van der Waals surface area contributed by atoms with E-state index in [1.807, 2.05) is 55.3 Å². The van der Waals surface area contributed by atoms with Gasteiger partial charge in [0, 0.05) is 18.9 Å². The van der Waals surface area contributed by atoms with E-state index in [0.717, 1.165) is 52.9 Å². The third-order valence-corrected chi connectivity index (χ3v) is 6.86. The number of pyridine rings is 2. The van der Waals surface area contributed by atoms with Gasteiger partial charge in [0.2, 0.25) is 0 Å². The molecule has 1 aliphatic carbocycles. The summed E-state index contributed by atoms with van der Waals surface area (Å²) in [4.78, 5) is 20.8. The predicted molar refractivity (Wildman–Crippen MR) is 141 cm³/mol. The molecule has 3 heterocycles. The fourth-order valence-corrected chi connectivity index (χ4v) is 4.54. The van der Waals surface area contributed by atoms with E-state index in [-0.39, 0.29) is 5.41 Å². The van der Waals surface area contributed by atoms with Crippen LogP contribution >= 0.6 is 0 Å². The van der Waals surface area contributed by atoms with Crippen LogP contribution in [0.4, 0.5) is 11.5 Å². The lowest BCUT2D eigenvalue weighted by Crippen LogP contribution is -2.32. The van der Waals surface area contributed by atoms with Gasteiger partial charge in [-0.3, -0.25) is 4.98 Å². The molecule has 0 saturated heterocycles. The fourth-order valence-electron chi connectivity index (χ4n) is 4.54. The Balaban J connectivity index is 1.56. The summed E-state index contributed by atoms with van der Waals surface area (Å²) in [6.45, 7) is 6.71. The van der Waals surface area contributed by atoms with Crippen LogP contribution in [0, 0.1) is 24.2 Å². The molecular formula is C29H30N6O. The summed E-state index contributed by atoms with van der Waals surface area (Å²) in [5.74, 6) is 1.05. The number of nitrogens with zero attached hydrogens (tertiary/aromatic N) is 6. The molecule has 0 bridgehead atoms. The molecule has 1 fully saturated rings. The van der Waals surface area contributed by atoms with Crippen LogP contribution in [-0.4, -0.2) is 33.6 Å². The highest BCUT2D eigenvalue weighted by molar-refractivity contribution is 5.91. The predicted octanol–water partition coefficient (Wildman–Crippen LogP) is 6.14. The average molecular weight is 479 g/mol. The number of nitriles is 1. The van der Waals surface area contributed by atoms with Crippen molar-refractivity contribution in [1.29, 1.82) is 5.26 Å². The van der Waals surface area contributed by atoms with Crippen molar-refractivity contribution in [2.45, 2.75) is 45.4 Å². The third kappa shape index (κ3) is 4.35. The number of ether oxygens (including phenoxy) is 1. The van der Waals surface area contributed by atoms with Gasteiger partial charge in [-0.2, -0.15) is 15.2 Å². The Morgan fingerprint density at radius 1 is 1.06 bits per heavy atom. The van der Waals surface area contributed by atoms with Gasteiger partial charge in [-0.05, 0) is 73.6 Å². The molecule has 0 amide bonds. The minimum absolute atomic E-state index is 0.301. The summed E-state index contributed by atoms with van der Waals surface area (Å²) in [5, 5.41) is 10.5. The first-order chi connectivity index (χ1) is 17.4. The molecule has 0 aliphatic heterocycles. The van der Waals surface area contributed by atoms with Crippen LogP contribution in [0.1, 0.15) is 44.2 Å². The number of benzene rings is 1. The standard InChI is InChI=1S/C29H30N6O/c1-19(2)17-36-28-33-26-23(12-13-24(32-26)25-20(3)7-5-16-31-25)27(34-28)35(4)22-10-8-21(9-11-22)29(18-30)14-6-15-29/h5,7-13,16,19H,6,14-15,17H2,1-4H3. The van der Waals surface area contributed by atoms with Crippen LogP contribution in [0.25, 0.3) is 22.4 Å². The molecule has 182 valence electrons. The molecular weight excluding hydrogens is 448 g/mol. The Hall–Kier alpha value is -4.05. The molecule has 0 radical (unpaired) electrons. The largest absolute Gasteiger partial charge is 0.463 e. The summed E-state index contributed by atoms with van der Waals surface area (Å²) < 4.78 is 5.93. The van der Waals surface area contributed by atoms with Crippen molar-refractivity contribution in [1.82, 2.24) is 19.9 Å². The number of hydrogen-bond donors (Lipinski definition) is 0. The number of hydrogen-bond acceptors (Lipinski definition) is 7. The van der Waals surface area contributed by atoms with Crippen molar-refractivity contribution in [2.75, 3.05) is 18.6 Å². The Kier molecular flexibility index (Phi) is 6.27. The van der Waals surface area contributed by atoms with Crippen LogP contribution < -0.4 is 9.64 Å². The normalized spacial score (nSPS) is 14.3. The molecule has 7 heteroatoms. The maximum Gasteiger partial charge on any atom is 0.320 e. The van der Waals surface area contributed by atoms with Gasteiger partial charge < -0.3 is 9.64 Å². The average Bonchev–Trinajstić information content (AvgIpc) is 2.86. The van der Waals surface area contributed by atoms with Crippen molar-refractivity contribution >= 4 is 22.5 Å². The van der Waals surface area contributed by atoms with Crippen molar-refractivity contribution in [3.8, 4) is 23.5 Å². The molecule has 0 unspecified atom stereocenters. The summed E-state index contributed by atoms with van der Waals surface area (Å²) in [6.07, 6.45) is 4.73. The Morgan fingerprint density at radius 2 is 1.83 bits per heavy atom. The maximum absolute atomic E-state index is 9.70. The van der Waals surface area contributed by atoms with E-state index in [1.54, 1.807) is 6.20 Å². The van der Waals surface area contributed by atoms with Crippen molar-refractivity contribution in [3.05, 3.63) is 65.9 Å². The van der Waals surface area contributed by atoms with Crippen LogP contribution in [0.15, 0.2) is 54.7 Å². The van der Waals surface area contributed by atoms with E-state index in [4.69, 9.17) is 14.7 Å². The van der Waals surface area contributed by atoms with E-state index < -0.39 is 0 Å². The summed E-state index contributed by atoms with van der Waals surface area (Å²) >= 11 is 0. The zero-order chi connectivity index (χ0) is 25.3. The highest BCUT2D eigenvalue weighted by Crippen LogP contribution is 2.43. The lowest BCUT2D eigenvalue weighted by Gasteiger charge is -2.35. The monoisotopic (exact) mass is 478 g/mol. The topological polar surface area (TPSA) is 87.8 Å². The van der Waals surface area contributed by atoms with Gasteiger partial charge >= 0.3 is 6.01 Å². The first-order valence-corrected chi connectivity index (χ1v) is 12.4. The second kappa shape index (κ2) is 9.54. The van der Waals surface area contributed by atoms with Crippen LogP contribution in [0.2, 0.25) is 0 Å². The molecule has 1 aliphatic rings. The molecule has 1 aromatic carbocycles. The van der Waals surface area contributed by atoms with Crippen LogP contribution in [0.5, 0.6) is 6.01 Å². The van der Waals surface area contributed by atoms with Gasteiger partial charge in [0.25, 0.3) is 0 Å². The zero-order valence-corrected chi connectivity index (χ0v) is 21.2. The van der Waals surface area contributed by atoms with Gasteiger partial charge in [0.1, 0.15) is 5.82 Å². The Bertz CT molecular complexity index is 1440. The molecule has 3 aromatic heterocycles. The van der Waals surface area contributed by atoms with Gasteiger partial charge in [-0.25, -0.2) is 4.98 Å². The molecule has 0 atom stereocenters.